The lowest BCUT2D eigenvalue weighted by atomic mass is 10.1. The van der Waals surface area contributed by atoms with Crippen molar-refractivity contribution >= 4 is 12.2 Å². The van der Waals surface area contributed by atoms with Gasteiger partial charge in [-0.05, 0) is 42.3 Å². The molecule has 0 saturated carbocycles. The summed E-state index contributed by atoms with van der Waals surface area (Å²) in [6.45, 7) is 1.70. The number of phenolic OH excluding ortho intramolecular Hbond substituents is 1. The molecule has 0 saturated heterocycles. The van der Waals surface area contributed by atoms with Gasteiger partial charge in [0.25, 0.3) is 5.89 Å². The fourth-order valence-corrected chi connectivity index (χ4v) is 1.91. The molecule has 0 radical (unpaired) electrons. The van der Waals surface area contributed by atoms with Crippen molar-refractivity contribution in [1.29, 1.82) is 0 Å². The molecule has 1 aromatic heterocycles. The summed E-state index contributed by atoms with van der Waals surface area (Å²) in [4.78, 5) is 4.20. The van der Waals surface area contributed by atoms with Crippen LogP contribution in [0.2, 0.25) is 0 Å². The van der Waals surface area contributed by atoms with Crippen LogP contribution in [0.4, 0.5) is 4.39 Å². The molecule has 0 fully saturated rings. The zero-order chi connectivity index (χ0) is 15.5. The van der Waals surface area contributed by atoms with Gasteiger partial charge in [-0.2, -0.15) is 4.98 Å². The second-order valence-corrected chi connectivity index (χ2v) is 4.85. The van der Waals surface area contributed by atoms with Gasteiger partial charge in [0, 0.05) is 11.6 Å². The third-order valence-corrected chi connectivity index (χ3v) is 3.18. The Morgan fingerprint density at radius 3 is 2.59 bits per heavy atom. The highest BCUT2D eigenvalue weighted by Crippen LogP contribution is 2.20. The molecule has 0 atom stereocenters. The number of halogens is 1. The summed E-state index contributed by atoms with van der Waals surface area (Å²) in [6.07, 6.45) is 3.44. The van der Waals surface area contributed by atoms with Crippen molar-refractivity contribution in [2.45, 2.75) is 6.92 Å². The van der Waals surface area contributed by atoms with Gasteiger partial charge in [0.2, 0.25) is 5.82 Å². The minimum atomic E-state index is -0.302. The molecule has 110 valence electrons. The first-order chi connectivity index (χ1) is 10.6. The molecule has 0 aliphatic rings. The number of benzene rings is 2. The average Bonchev–Trinajstić information content (AvgIpc) is 2.98. The number of aromatic nitrogens is 2. The molecule has 5 heteroatoms. The van der Waals surface area contributed by atoms with Crippen LogP contribution in [0.5, 0.6) is 5.75 Å². The van der Waals surface area contributed by atoms with Crippen molar-refractivity contribution in [3.63, 3.8) is 0 Å². The largest absolute Gasteiger partial charge is 0.508 e. The van der Waals surface area contributed by atoms with Crippen molar-refractivity contribution in [1.82, 2.24) is 10.1 Å². The van der Waals surface area contributed by atoms with Crippen molar-refractivity contribution < 1.29 is 14.0 Å². The zero-order valence-electron chi connectivity index (χ0n) is 11.8. The molecule has 2 aromatic carbocycles. The molecule has 0 spiro atoms. The van der Waals surface area contributed by atoms with Crippen molar-refractivity contribution in [3.8, 4) is 17.1 Å². The topological polar surface area (TPSA) is 59.2 Å². The second-order valence-electron chi connectivity index (χ2n) is 4.85. The quantitative estimate of drug-likeness (QED) is 0.791. The molecule has 3 aromatic rings. The summed E-state index contributed by atoms with van der Waals surface area (Å²) in [5, 5.41) is 13.1. The standard InChI is InChI=1S/C17H13FN2O2/c1-11-2-6-13(10-15(11)18)17-19-16(22-20-17)9-5-12-3-7-14(21)8-4-12/h2-10,21H,1H3/b9-5+. The molecule has 0 amide bonds. The minimum Gasteiger partial charge on any atom is -0.508 e. The number of hydrogen-bond donors (Lipinski definition) is 1. The van der Waals surface area contributed by atoms with Gasteiger partial charge >= 0.3 is 0 Å². The van der Waals surface area contributed by atoms with Gasteiger partial charge in [-0.15, -0.1) is 0 Å². The molecule has 0 aliphatic carbocycles. The van der Waals surface area contributed by atoms with Crippen LogP contribution in [-0.4, -0.2) is 15.2 Å². The second kappa shape index (κ2) is 5.81. The van der Waals surface area contributed by atoms with Crippen molar-refractivity contribution in [2.24, 2.45) is 0 Å². The van der Waals surface area contributed by atoms with E-state index in [-0.39, 0.29) is 11.6 Å². The van der Waals surface area contributed by atoms with Crippen LogP contribution in [0, 0.1) is 12.7 Å². The maximum absolute atomic E-state index is 13.6. The van der Waals surface area contributed by atoms with E-state index in [0.29, 0.717) is 22.8 Å². The normalized spacial score (nSPS) is 11.2. The number of rotatable bonds is 3. The van der Waals surface area contributed by atoms with Crippen molar-refractivity contribution in [2.75, 3.05) is 0 Å². The predicted molar refractivity (Wildman–Crippen MR) is 81.5 cm³/mol. The lowest BCUT2D eigenvalue weighted by Gasteiger charge is -1.97. The molecule has 1 N–H and O–H groups in total. The van der Waals surface area contributed by atoms with E-state index in [1.807, 2.05) is 0 Å². The van der Waals surface area contributed by atoms with E-state index in [4.69, 9.17) is 4.52 Å². The Bertz CT molecular complexity index is 823. The summed E-state index contributed by atoms with van der Waals surface area (Å²) >= 11 is 0. The van der Waals surface area contributed by atoms with E-state index in [1.165, 1.54) is 6.07 Å². The van der Waals surface area contributed by atoms with Crippen LogP contribution in [0.1, 0.15) is 17.0 Å². The van der Waals surface area contributed by atoms with Gasteiger partial charge in [-0.1, -0.05) is 29.4 Å². The number of aryl methyl sites for hydroxylation is 1. The highest BCUT2D eigenvalue weighted by atomic mass is 19.1. The van der Waals surface area contributed by atoms with E-state index >= 15 is 0 Å². The molecule has 1 heterocycles. The molecular weight excluding hydrogens is 283 g/mol. The van der Waals surface area contributed by atoms with Crippen LogP contribution < -0.4 is 0 Å². The fourth-order valence-electron chi connectivity index (χ4n) is 1.91. The number of hydrogen-bond acceptors (Lipinski definition) is 4. The Balaban J connectivity index is 1.81. The van der Waals surface area contributed by atoms with E-state index in [1.54, 1.807) is 55.5 Å². The monoisotopic (exact) mass is 296 g/mol. The molecule has 0 unspecified atom stereocenters. The predicted octanol–water partition coefficient (Wildman–Crippen LogP) is 4.06. The first-order valence-corrected chi connectivity index (χ1v) is 6.69. The Labute approximate surface area is 126 Å². The molecule has 22 heavy (non-hydrogen) atoms. The number of nitrogens with zero attached hydrogens (tertiary/aromatic N) is 2. The lowest BCUT2D eigenvalue weighted by molar-refractivity contribution is 0.411. The molecule has 0 bridgehead atoms. The Hall–Kier alpha value is -2.95. The summed E-state index contributed by atoms with van der Waals surface area (Å²) < 4.78 is 18.7. The van der Waals surface area contributed by atoms with E-state index in [0.717, 1.165) is 5.56 Å². The molecule has 3 rings (SSSR count). The average molecular weight is 296 g/mol. The first kappa shape index (κ1) is 14.0. The van der Waals surface area contributed by atoms with Gasteiger partial charge in [-0.3, -0.25) is 0 Å². The van der Waals surface area contributed by atoms with E-state index in [2.05, 4.69) is 10.1 Å². The summed E-state index contributed by atoms with van der Waals surface area (Å²) in [5.74, 6) is 0.565. The summed E-state index contributed by atoms with van der Waals surface area (Å²) in [7, 11) is 0. The van der Waals surface area contributed by atoms with Crippen molar-refractivity contribution in [3.05, 3.63) is 65.3 Å². The van der Waals surface area contributed by atoms with Crippen LogP contribution in [0.15, 0.2) is 47.0 Å². The minimum absolute atomic E-state index is 0.207. The summed E-state index contributed by atoms with van der Waals surface area (Å²) in [5.41, 5.74) is 2.02. The van der Waals surface area contributed by atoms with Gasteiger partial charge < -0.3 is 9.63 Å². The maximum Gasteiger partial charge on any atom is 0.250 e. The Kier molecular flexibility index (Phi) is 3.70. The lowest BCUT2D eigenvalue weighted by Crippen LogP contribution is -1.86. The van der Waals surface area contributed by atoms with Gasteiger partial charge in [0.1, 0.15) is 11.6 Å². The highest BCUT2D eigenvalue weighted by molar-refractivity contribution is 5.67. The van der Waals surface area contributed by atoms with Gasteiger partial charge in [0.05, 0.1) is 0 Å². The number of phenols is 1. The van der Waals surface area contributed by atoms with Crippen LogP contribution in [0.25, 0.3) is 23.5 Å². The van der Waals surface area contributed by atoms with Crippen LogP contribution in [-0.2, 0) is 0 Å². The van der Waals surface area contributed by atoms with Gasteiger partial charge in [-0.25, -0.2) is 4.39 Å². The smallest absolute Gasteiger partial charge is 0.250 e. The van der Waals surface area contributed by atoms with E-state index < -0.39 is 0 Å². The number of aromatic hydroxyl groups is 1. The van der Waals surface area contributed by atoms with Gasteiger partial charge in [0.15, 0.2) is 0 Å². The molecule has 0 aliphatic heterocycles. The summed E-state index contributed by atoms with van der Waals surface area (Å²) in [6, 6.07) is 11.5. The molecule has 4 nitrogen and oxygen atoms in total. The fraction of sp³-hybridized carbons (Fsp3) is 0.0588. The zero-order valence-corrected chi connectivity index (χ0v) is 11.8. The maximum atomic E-state index is 13.6. The Morgan fingerprint density at radius 2 is 1.86 bits per heavy atom. The first-order valence-electron chi connectivity index (χ1n) is 6.69. The van der Waals surface area contributed by atoms with Crippen LogP contribution >= 0.6 is 0 Å². The highest BCUT2D eigenvalue weighted by Gasteiger charge is 2.08. The third-order valence-electron chi connectivity index (χ3n) is 3.18. The van der Waals surface area contributed by atoms with Crippen LogP contribution in [0.3, 0.4) is 0 Å². The third kappa shape index (κ3) is 3.03. The SMILES string of the molecule is Cc1ccc(-c2noc(/C=C/c3ccc(O)cc3)n2)cc1F. The van der Waals surface area contributed by atoms with E-state index in [9.17, 15) is 9.50 Å². The Morgan fingerprint density at radius 1 is 1.09 bits per heavy atom. The molecular formula is C17H13FN2O2.